The van der Waals surface area contributed by atoms with Crippen LogP contribution in [0.4, 0.5) is 11.4 Å². The van der Waals surface area contributed by atoms with Gasteiger partial charge in [0, 0.05) is 13.0 Å². The highest BCUT2D eigenvalue weighted by atomic mass is 79.9. The summed E-state index contributed by atoms with van der Waals surface area (Å²) in [6.45, 7) is 4.28. The Balaban J connectivity index is 2.26. The number of benzene rings is 1. The molecule has 0 unspecified atom stereocenters. The Labute approximate surface area is 121 Å². The van der Waals surface area contributed by atoms with Gasteiger partial charge in [-0.2, -0.15) is 0 Å². The van der Waals surface area contributed by atoms with Crippen molar-refractivity contribution in [3.63, 3.8) is 0 Å². The number of hydrogen-bond acceptors (Lipinski definition) is 2. The van der Waals surface area contributed by atoms with Gasteiger partial charge in [-0.3, -0.25) is 9.59 Å². The molecule has 0 atom stereocenters. The molecule has 2 amide bonds. The number of halogens is 1. The lowest BCUT2D eigenvalue weighted by Gasteiger charge is -2.22. The normalized spacial score (nSPS) is 15.7. The molecule has 1 aliphatic rings. The Morgan fingerprint density at radius 3 is 2.63 bits per heavy atom. The number of nitrogens with one attached hydrogen (secondary N) is 1. The summed E-state index contributed by atoms with van der Waals surface area (Å²) in [6.07, 6.45) is 1.44. The van der Waals surface area contributed by atoms with Gasteiger partial charge < -0.3 is 10.2 Å². The summed E-state index contributed by atoms with van der Waals surface area (Å²) in [5.74, 6) is -0.0219. The van der Waals surface area contributed by atoms with Gasteiger partial charge in [0.25, 0.3) is 0 Å². The number of hydrogen-bond donors (Lipinski definition) is 1. The summed E-state index contributed by atoms with van der Waals surface area (Å²) in [5.41, 5.74) is 1.45. The predicted octanol–water partition coefficient (Wildman–Crippen LogP) is 2.93. The molecule has 0 saturated carbocycles. The van der Waals surface area contributed by atoms with Gasteiger partial charge in [0.15, 0.2) is 0 Å². The molecule has 1 saturated heterocycles. The zero-order valence-corrected chi connectivity index (χ0v) is 12.7. The second-order valence-corrected chi connectivity index (χ2v) is 7.08. The Kier molecular flexibility index (Phi) is 3.94. The molecule has 0 bridgehead atoms. The molecule has 19 heavy (non-hydrogen) atoms. The molecule has 1 aromatic carbocycles. The second kappa shape index (κ2) is 5.33. The summed E-state index contributed by atoms with van der Waals surface area (Å²) in [5, 5.41) is 2.87. The van der Waals surface area contributed by atoms with Crippen molar-refractivity contribution in [2.45, 2.75) is 31.0 Å². The Bertz CT molecular complexity index is 508. The number of para-hydroxylation sites is 2. The third-order valence-corrected chi connectivity index (χ3v) is 3.42. The Hall–Kier alpha value is -1.36. The van der Waals surface area contributed by atoms with Crippen LogP contribution in [0, 0.1) is 0 Å². The number of carbonyl (C=O) groups excluding carboxylic acids is 2. The van der Waals surface area contributed by atoms with E-state index in [9.17, 15) is 9.59 Å². The Morgan fingerprint density at radius 1 is 1.37 bits per heavy atom. The third kappa shape index (κ3) is 3.15. The van der Waals surface area contributed by atoms with Crippen molar-refractivity contribution in [1.82, 2.24) is 0 Å². The fourth-order valence-electron chi connectivity index (χ4n) is 1.99. The van der Waals surface area contributed by atoms with Crippen molar-refractivity contribution in [1.29, 1.82) is 0 Å². The lowest BCUT2D eigenvalue weighted by Crippen LogP contribution is -2.32. The first kappa shape index (κ1) is 14.1. The summed E-state index contributed by atoms with van der Waals surface area (Å²) in [4.78, 5) is 25.6. The minimum atomic E-state index is -0.644. The Morgan fingerprint density at radius 2 is 2.05 bits per heavy atom. The minimum absolute atomic E-state index is 0.111. The van der Waals surface area contributed by atoms with E-state index in [4.69, 9.17) is 0 Å². The van der Waals surface area contributed by atoms with Gasteiger partial charge in [-0.25, -0.2) is 0 Å². The van der Waals surface area contributed by atoms with Gasteiger partial charge in [0.2, 0.25) is 11.8 Å². The number of alkyl halides is 1. The monoisotopic (exact) mass is 324 g/mol. The van der Waals surface area contributed by atoms with Crippen molar-refractivity contribution in [2.75, 3.05) is 16.8 Å². The van der Waals surface area contributed by atoms with E-state index in [0.717, 1.165) is 12.1 Å². The smallest absolute Gasteiger partial charge is 0.240 e. The maximum absolute atomic E-state index is 12.0. The van der Waals surface area contributed by atoms with Gasteiger partial charge in [-0.05, 0) is 32.4 Å². The van der Waals surface area contributed by atoms with Gasteiger partial charge in [0.05, 0.1) is 15.7 Å². The SMILES string of the molecule is CC(C)(Br)C(=O)Nc1ccccc1N1CCCC1=O. The highest BCUT2D eigenvalue weighted by Gasteiger charge is 2.27. The minimum Gasteiger partial charge on any atom is -0.323 e. The van der Waals surface area contributed by atoms with Gasteiger partial charge >= 0.3 is 0 Å². The predicted molar refractivity (Wildman–Crippen MR) is 79.7 cm³/mol. The molecule has 102 valence electrons. The molecule has 2 rings (SSSR count). The average Bonchev–Trinajstić information content (AvgIpc) is 2.75. The van der Waals surface area contributed by atoms with Crippen molar-refractivity contribution < 1.29 is 9.59 Å². The number of anilines is 2. The first-order valence-electron chi connectivity index (χ1n) is 6.29. The molecule has 5 heteroatoms. The largest absolute Gasteiger partial charge is 0.323 e. The van der Waals surface area contributed by atoms with E-state index in [1.54, 1.807) is 18.7 Å². The summed E-state index contributed by atoms with van der Waals surface area (Å²) in [7, 11) is 0. The van der Waals surface area contributed by atoms with Crippen LogP contribution in [0.2, 0.25) is 0 Å². The van der Waals surface area contributed by atoms with Crippen LogP contribution in [0.15, 0.2) is 24.3 Å². The van der Waals surface area contributed by atoms with Gasteiger partial charge in [-0.15, -0.1) is 0 Å². The van der Waals surface area contributed by atoms with Crippen LogP contribution >= 0.6 is 15.9 Å². The number of rotatable bonds is 3. The molecule has 1 aromatic rings. The fourth-order valence-corrected chi connectivity index (χ4v) is 2.09. The number of nitrogens with zero attached hydrogens (tertiary/aromatic N) is 1. The van der Waals surface area contributed by atoms with Crippen molar-refractivity contribution in [2.24, 2.45) is 0 Å². The van der Waals surface area contributed by atoms with E-state index in [-0.39, 0.29) is 11.8 Å². The number of carbonyl (C=O) groups is 2. The molecular formula is C14H17BrN2O2. The van der Waals surface area contributed by atoms with Crippen LogP contribution in [0.5, 0.6) is 0 Å². The van der Waals surface area contributed by atoms with Crippen LogP contribution in [0.25, 0.3) is 0 Å². The van der Waals surface area contributed by atoms with Crippen molar-refractivity contribution >= 4 is 39.1 Å². The molecule has 1 heterocycles. The topological polar surface area (TPSA) is 49.4 Å². The van der Waals surface area contributed by atoms with Crippen molar-refractivity contribution in [3.05, 3.63) is 24.3 Å². The lowest BCUT2D eigenvalue weighted by atomic mass is 10.2. The van der Waals surface area contributed by atoms with Crippen LogP contribution in [-0.2, 0) is 9.59 Å². The highest BCUT2D eigenvalue weighted by Crippen LogP contribution is 2.30. The standard InChI is InChI=1S/C14H17BrN2O2/c1-14(2,15)13(19)16-10-6-3-4-7-11(10)17-9-5-8-12(17)18/h3-4,6-7H,5,8-9H2,1-2H3,(H,16,19). The highest BCUT2D eigenvalue weighted by molar-refractivity contribution is 9.10. The van der Waals surface area contributed by atoms with E-state index in [1.165, 1.54) is 0 Å². The molecule has 1 fully saturated rings. The maximum atomic E-state index is 12.0. The second-order valence-electron chi connectivity index (χ2n) is 5.09. The molecule has 0 radical (unpaired) electrons. The van der Waals surface area contributed by atoms with E-state index in [2.05, 4.69) is 21.2 Å². The van der Waals surface area contributed by atoms with Gasteiger partial charge in [0.1, 0.15) is 0 Å². The van der Waals surface area contributed by atoms with Crippen LogP contribution in [0.1, 0.15) is 26.7 Å². The molecule has 0 spiro atoms. The van der Waals surface area contributed by atoms with Crippen LogP contribution < -0.4 is 10.2 Å². The zero-order chi connectivity index (χ0) is 14.0. The van der Waals surface area contributed by atoms with Gasteiger partial charge in [-0.1, -0.05) is 28.1 Å². The van der Waals surface area contributed by atoms with E-state index < -0.39 is 4.32 Å². The van der Waals surface area contributed by atoms with Crippen LogP contribution in [0.3, 0.4) is 0 Å². The molecular weight excluding hydrogens is 308 g/mol. The molecule has 4 nitrogen and oxygen atoms in total. The summed E-state index contributed by atoms with van der Waals surface area (Å²) >= 11 is 3.33. The zero-order valence-electron chi connectivity index (χ0n) is 11.1. The lowest BCUT2D eigenvalue weighted by molar-refractivity contribution is -0.118. The number of amides is 2. The molecule has 0 aromatic heterocycles. The fraction of sp³-hybridized carbons (Fsp3) is 0.429. The summed E-state index contributed by atoms with van der Waals surface area (Å²) in [6, 6.07) is 7.40. The molecule has 1 aliphatic heterocycles. The first-order chi connectivity index (χ1) is 8.89. The first-order valence-corrected chi connectivity index (χ1v) is 7.08. The van der Waals surface area contributed by atoms with Crippen LogP contribution in [-0.4, -0.2) is 22.7 Å². The summed E-state index contributed by atoms with van der Waals surface area (Å²) < 4.78 is -0.644. The molecule has 1 N–H and O–H groups in total. The van der Waals surface area contributed by atoms with E-state index >= 15 is 0 Å². The maximum Gasteiger partial charge on any atom is 0.240 e. The average molecular weight is 325 g/mol. The van der Waals surface area contributed by atoms with E-state index in [0.29, 0.717) is 18.7 Å². The molecule has 0 aliphatic carbocycles. The third-order valence-electron chi connectivity index (χ3n) is 3.06. The van der Waals surface area contributed by atoms with Crippen molar-refractivity contribution in [3.8, 4) is 0 Å². The van der Waals surface area contributed by atoms with E-state index in [1.807, 2.05) is 24.3 Å². The quantitative estimate of drug-likeness (QED) is 0.869.